The highest BCUT2D eigenvalue weighted by molar-refractivity contribution is 6.05. The summed E-state index contributed by atoms with van der Waals surface area (Å²) in [5, 5.41) is 10.2. The number of hydrogen-bond donors (Lipinski definition) is 1. The van der Waals surface area contributed by atoms with Crippen molar-refractivity contribution in [2.75, 3.05) is 12.4 Å². The number of aromatic nitrogens is 2. The van der Waals surface area contributed by atoms with Crippen molar-refractivity contribution in [3.05, 3.63) is 47.0 Å². The largest absolute Gasteiger partial charge is 0.479 e. The van der Waals surface area contributed by atoms with E-state index in [0.29, 0.717) is 16.7 Å². The first-order valence-corrected chi connectivity index (χ1v) is 6.36. The number of terminal acetylenes is 1. The molecule has 0 aliphatic carbocycles. The van der Waals surface area contributed by atoms with Gasteiger partial charge in [0.1, 0.15) is 0 Å². The quantitative estimate of drug-likeness (QED) is 0.688. The SMILES string of the molecule is C#Cc1cc(NC(=O)c2cccc(C(C)=O)c2)nnc1OC. The van der Waals surface area contributed by atoms with Crippen molar-refractivity contribution in [2.24, 2.45) is 0 Å². The van der Waals surface area contributed by atoms with Crippen LogP contribution in [-0.4, -0.2) is 29.0 Å². The second-order valence-corrected chi connectivity index (χ2v) is 4.39. The van der Waals surface area contributed by atoms with Gasteiger partial charge in [0.15, 0.2) is 11.6 Å². The van der Waals surface area contributed by atoms with Gasteiger partial charge in [-0.25, -0.2) is 0 Å². The predicted molar refractivity (Wildman–Crippen MR) is 80.9 cm³/mol. The van der Waals surface area contributed by atoms with E-state index in [2.05, 4.69) is 21.4 Å². The normalized spacial score (nSPS) is 9.68. The minimum atomic E-state index is -0.412. The lowest BCUT2D eigenvalue weighted by molar-refractivity contribution is 0.101. The third-order valence-electron chi connectivity index (χ3n) is 2.88. The molecule has 22 heavy (non-hydrogen) atoms. The Kier molecular flexibility index (Phi) is 4.49. The molecule has 0 saturated heterocycles. The topological polar surface area (TPSA) is 81.2 Å². The van der Waals surface area contributed by atoms with E-state index in [-0.39, 0.29) is 17.5 Å². The van der Waals surface area contributed by atoms with Crippen LogP contribution in [0.4, 0.5) is 5.82 Å². The number of ether oxygens (including phenoxy) is 1. The first-order chi connectivity index (χ1) is 10.5. The molecule has 1 N–H and O–H groups in total. The van der Waals surface area contributed by atoms with Crippen LogP contribution in [0.3, 0.4) is 0 Å². The van der Waals surface area contributed by atoms with E-state index < -0.39 is 5.91 Å². The van der Waals surface area contributed by atoms with E-state index in [1.807, 2.05) is 0 Å². The van der Waals surface area contributed by atoms with Crippen molar-refractivity contribution >= 4 is 17.5 Å². The zero-order valence-electron chi connectivity index (χ0n) is 12.1. The number of hydrogen-bond acceptors (Lipinski definition) is 5. The van der Waals surface area contributed by atoms with Gasteiger partial charge in [-0.3, -0.25) is 9.59 Å². The summed E-state index contributed by atoms with van der Waals surface area (Å²) < 4.78 is 4.96. The minimum absolute atomic E-state index is 0.117. The molecule has 1 aromatic carbocycles. The summed E-state index contributed by atoms with van der Waals surface area (Å²) in [4.78, 5) is 23.5. The smallest absolute Gasteiger partial charge is 0.256 e. The number of Topliss-reactive ketones (excluding diaryl/α,β-unsaturated/α-hetero) is 1. The number of carbonyl (C=O) groups excluding carboxylic acids is 2. The number of nitrogens with one attached hydrogen (secondary N) is 1. The molecular weight excluding hydrogens is 282 g/mol. The van der Waals surface area contributed by atoms with Crippen LogP contribution in [-0.2, 0) is 0 Å². The van der Waals surface area contributed by atoms with Gasteiger partial charge in [0.05, 0.1) is 12.7 Å². The summed E-state index contributed by atoms with van der Waals surface area (Å²) in [5.74, 6) is 2.28. The minimum Gasteiger partial charge on any atom is -0.479 e. The van der Waals surface area contributed by atoms with Gasteiger partial charge < -0.3 is 10.1 Å². The van der Waals surface area contributed by atoms with E-state index in [9.17, 15) is 9.59 Å². The molecule has 1 amide bonds. The standard InChI is InChI=1S/C16H13N3O3/c1-4-11-9-14(18-19-16(11)22-3)17-15(21)13-7-5-6-12(8-13)10(2)20/h1,5-9H,2-3H3,(H,17,18,21). The van der Waals surface area contributed by atoms with Crippen molar-refractivity contribution in [1.82, 2.24) is 10.2 Å². The monoisotopic (exact) mass is 295 g/mol. The third kappa shape index (κ3) is 3.27. The zero-order chi connectivity index (χ0) is 16.1. The van der Waals surface area contributed by atoms with Gasteiger partial charge in [-0.1, -0.05) is 18.1 Å². The van der Waals surface area contributed by atoms with Crippen molar-refractivity contribution in [2.45, 2.75) is 6.92 Å². The molecule has 0 atom stereocenters. The maximum Gasteiger partial charge on any atom is 0.256 e. The molecule has 2 aromatic rings. The van der Waals surface area contributed by atoms with Gasteiger partial charge in [0.25, 0.3) is 5.91 Å². The Labute approximate surface area is 127 Å². The van der Waals surface area contributed by atoms with Crippen LogP contribution in [0, 0.1) is 12.3 Å². The molecule has 1 heterocycles. The molecule has 0 fully saturated rings. The maximum absolute atomic E-state index is 12.2. The Bertz CT molecular complexity index is 778. The Hall–Kier alpha value is -3.20. The fourth-order valence-corrected chi connectivity index (χ4v) is 1.76. The average molecular weight is 295 g/mol. The first kappa shape index (κ1) is 15.2. The molecule has 2 rings (SSSR count). The van der Waals surface area contributed by atoms with Crippen LogP contribution in [0.15, 0.2) is 30.3 Å². The summed E-state index contributed by atoms with van der Waals surface area (Å²) in [5.41, 5.74) is 1.18. The number of amides is 1. The highest BCUT2D eigenvalue weighted by Gasteiger charge is 2.11. The number of anilines is 1. The Morgan fingerprint density at radius 1 is 1.23 bits per heavy atom. The Morgan fingerprint density at radius 2 is 1.95 bits per heavy atom. The van der Waals surface area contributed by atoms with Crippen molar-refractivity contribution in [1.29, 1.82) is 0 Å². The Balaban J connectivity index is 2.24. The van der Waals surface area contributed by atoms with Crippen LogP contribution in [0.25, 0.3) is 0 Å². The molecule has 0 aliphatic heterocycles. The molecule has 6 nitrogen and oxygen atoms in total. The number of carbonyl (C=O) groups is 2. The molecule has 0 unspecified atom stereocenters. The second-order valence-electron chi connectivity index (χ2n) is 4.39. The van der Waals surface area contributed by atoms with Crippen LogP contribution in [0.1, 0.15) is 33.2 Å². The molecule has 0 aliphatic rings. The summed E-state index contributed by atoms with van der Waals surface area (Å²) in [6.07, 6.45) is 5.34. The molecule has 0 spiro atoms. The highest BCUT2D eigenvalue weighted by atomic mass is 16.5. The van der Waals surface area contributed by atoms with Gasteiger partial charge in [-0.2, -0.15) is 0 Å². The van der Waals surface area contributed by atoms with Gasteiger partial charge in [0, 0.05) is 17.2 Å². The zero-order valence-corrected chi connectivity index (χ0v) is 12.1. The molecule has 0 bridgehead atoms. The van der Waals surface area contributed by atoms with Gasteiger partial charge in [-0.05, 0) is 19.1 Å². The highest BCUT2D eigenvalue weighted by Crippen LogP contribution is 2.16. The second kappa shape index (κ2) is 6.50. The molecule has 6 heteroatoms. The number of rotatable bonds is 4. The predicted octanol–water partition coefficient (Wildman–Crippen LogP) is 1.92. The van der Waals surface area contributed by atoms with E-state index >= 15 is 0 Å². The summed E-state index contributed by atoms with van der Waals surface area (Å²) >= 11 is 0. The number of ketones is 1. The van der Waals surface area contributed by atoms with Crippen molar-refractivity contribution < 1.29 is 14.3 Å². The molecular formula is C16H13N3O3. The summed E-state index contributed by atoms with van der Waals surface area (Å²) in [6.45, 7) is 1.44. The fraction of sp³-hybridized carbons (Fsp3) is 0.125. The molecule has 0 radical (unpaired) electrons. The maximum atomic E-state index is 12.2. The lowest BCUT2D eigenvalue weighted by Crippen LogP contribution is -2.14. The van der Waals surface area contributed by atoms with Gasteiger partial charge in [-0.15, -0.1) is 16.6 Å². The van der Waals surface area contributed by atoms with Crippen LogP contribution in [0.5, 0.6) is 5.88 Å². The molecule has 1 aromatic heterocycles. The van der Waals surface area contributed by atoms with E-state index in [1.54, 1.807) is 18.2 Å². The third-order valence-corrected chi connectivity index (χ3v) is 2.88. The van der Waals surface area contributed by atoms with E-state index in [0.717, 1.165) is 0 Å². The van der Waals surface area contributed by atoms with E-state index in [4.69, 9.17) is 11.2 Å². The average Bonchev–Trinajstić information content (AvgIpc) is 2.54. The number of methoxy groups -OCH3 is 1. The number of benzene rings is 1. The summed E-state index contributed by atoms with van der Waals surface area (Å²) in [6, 6.07) is 7.87. The van der Waals surface area contributed by atoms with E-state index in [1.165, 1.54) is 26.2 Å². The van der Waals surface area contributed by atoms with Crippen molar-refractivity contribution in [3.8, 4) is 18.2 Å². The lowest BCUT2D eigenvalue weighted by Gasteiger charge is -2.07. The molecule has 0 saturated carbocycles. The Morgan fingerprint density at radius 3 is 2.59 bits per heavy atom. The molecule has 110 valence electrons. The van der Waals surface area contributed by atoms with Crippen molar-refractivity contribution in [3.63, 3.8) is 0 Å². The van der Waals surface area contributed by atoms with Crippen LogP contribution in [0.2, 0.25) is 0 Å². The van der Waals surface area contributed by atoms with Crippen LogP contribution < -0.4 is 10.1 Å². The van der Waals surface area contributed by atoms with Gasteiger partial charge >= 0.3 is 0 Å². The number of nitrogens with zero attached hydrogens (tertiary/aromatic N) is 2. The lowest BCUT2D eigenvalue weighted by atomic mass is 10.1. The van der Waals surface area contributed by atoms with Gasteiger partial charge in [0.2, 0.25) is 5.88 Å². The fourth-order valence-electron chi connectivity index (χ4n) is 1.76. The first-order valence-electron chi connectivity index (χ1n) is 6.36. The van der Waals surface area contributed by atoms with Crippen LogP contribution >= 0.6 is 0 Å². The summed E-state index contributed by atoms with van der Waals surface area (Å²) in [7, 11) is 1.43.